The van der Waals surface area contributed by atoms with E-state index in [0.717, 1.165) is 22.8 Å². The maximum absolute atomic E-state index is 12.6. The molecule has 6 heteroatoms. The highest BCUT2D eigenvalue weighted by molar-refractivity contribution is 7.08. The zero-order valence-corrected chi connectivity index (χ0v) is 15.0. The van der Waals surface area contributed by atoms with Gasteiger partial charge in [-0.2, -0.15) is 0 Å². The van der Waals surface area contributed by atoms with Crippen LogP contribution in [0.15, 0.2) is 84.9 Å². The lowest BCUT2D eigenvalue weighted by Crippen LogP contribution is -2.11. The Morgan fingerprint density at radius 1 is 0.815 bits per heavy atom. The number of ether oxygens (including phenoxy) is 1. The molecule has 0 fully saturated rings. The van der Waals surface area contributed by atoms with E-state index in [9.17, 15) is 4.79 Å². The third-order valence-corrected chi connectivity index (χ3v) is 4.56. The van der Waals surface area contributed by atoms with Crippen LogP contribution in [0.5, 0.6) is 11.5 Å². The summed E-state index contributed by atoms with van der Waals surface area (Å²) < 4.78 is 9.69. The van der Waals surface area contributed by atoms with Gasteiger partial charge < -0.3 is 10.1 Å². The van der Waals surface area contributed by atoms with Gasteiger partial charge in [-0.15, -0.1) is 5.10 Å². The van der Waals surface area contributed by atoms with E-state index in [-0.39, 0.29) is 5.91 Å². The van der Waals surface area contributed by atoms with Crippen molar-refractivity contribution < 1.29 is 9.53 Å². The lowest BCUT2D eigenvalue weighted by molar-refractivity contribution is 0.103. The van der Waals surface area contributed by atoms with Crippen molar-refractivity contribution >= 4 is 23.1 Å². The molecule has 1 N–H and O–H groups in total. The zero-order valence-electron chi connectivity index (χ0n) is 14.2. The van der Waals surface area contributed by atoms with Crippen molar-refractivity contribution in [3.8, 4) is 22.8 Å². The van der Waals surface area contributed by atoms with Gasteiger partial charge >= 0.3 is 0 Å². The number of benzene rings is 3. The quantitative estimate of drug-likeness (QED) is 0.519. The molecule has 4 rings (SSSR count). The van der Waals surface area contributed by atoms with Crippen LogP contribution in [0.4, 0.5) is 5.69 Å². The van der Waals surface area contributed by atoms with Gasteiger partial charge in [0.25, 0.3) is 5.91 Å². The Bertz CT molecular complexity index is 1030. The molecule has 3 aromatic carbocycles. The average Bonchev–Trinajstić information content (AvgIpc) is 3.21. The van der Waals surface area contributed by atoms with Crippen molar-refractivity contribution in [3.05, 3.63) is 89.8 Å². The number of rotatable bonds is 5. The molecular weight excluding hydrogens is 358 g/mol. The number of amides is 1. The molecule has 1 amide bonds. The summed E-state index contributed by atoms with van der Waals surface area (Å²) in [5, 5.41) is 6.98. The molecule has 4 aromatic rings. The molecule has 0 aliphatic rings. The third kappa shape index (κ3) is 4.02. The van der Waals surface area contributed by atoms with Crippen LogP contribution in [0.2, 0.25) is 0 Å². The minimum absolute atomic E-state index is 0.236. The van der Waals surface area contributed by atoms with Crippen molar-refractivity contribution in [2.45, 2.75) is 0 Å². The van der Waals surface area contributed by atoms with Gasteiger partial charge in [0, 0.05) is 11.3 Å². The lowest BCUT2D eigenvalue weighted by Gasteiger charge is -2.08. The van der Waals surface area contributed by atoms with Gasteiger partial charge in [0.2, 0.25) is 0 Å². The molecule has 0 atom stereocenters. The van der Waals surface area contributed by atoms with Crippen molar-refractivity contribution in [2.24, 2.45) is 0 Å². The van der Waals surface area contributed by atoms with E-state index in [2.05, 4.69) is 14.9 Å². The van der Waals surface area contributed by atoms with Gasteiger partial charge in [-0.3, -0.25) is 4.79 Å². The summed E-state index contributed by atoms with van der Waals surface area (Å²) in [6, 6.07) is 26.3. The normalized spacial score (nSPS) is 10.4. The Hall–Kier alpha value is -3.51. The molecule has 0 aliphatic carbocycles. The Balaban J connectivity index is 1.47. The summed E-state index contributed by atoms with van der Waals surface area (Å²) in [7, 11) is 0. The Morgan fingerprint density at radius 2 is 1.44 bits per heavy atom. The summed E-state index contributed by atoms with van der Waals surface area (Å²) in [5.74, 6) is 1.22. The first-order valence-electron chi connectivity index (χ1n) is 8.32. The number of aromatic nitrogens is 2. The van der Waals surface area contributed by atoms with Gasteiger partial charge in [0.05, 0.1) is 0 Å². The van der Waals surface area contributed by atoms with Crippen LogP contribution >= 0.6 is 11.5 Å². The van der Waals surface area contributed by atoms with Gasteiger partial charge in [-0.05, 0) is 47.9 Å². The fraction of sp³-hybridized carbons (Fsp3) is 0. The highest BCUT2D eigenvalue weighted by Crippen LogP contribution is 2.26. The molecule has 27 heavy (non-hydrogen) atoms. The smallest absolute Gasteiger partial charge is 0.269 e. The molecule has 0 saturated heterocycles. The highest BCUT2D eigenvalue weighted by Gasteiger charge is 2.17. The number of para-hydroxylation sites is 1. The number of nitrogens with zero attached hydrogens (tertiary/aromatic N) is 2. The number of hydrogen-bond acceptors (Lipinski definition) is 5. The maximum Gasteiger partial charge on any atom is 0.269 e. The standard InChI is InChI=1S/C21H15N3O2S/c25-21(20-19(23-24-27-20)15-7-3-1-4-8-15)22-16-11-13-18(14-12-16)26-17-9-5-2-6-10-17/h1-14H,(H,22,25). The summed E-state index contributed by atoms with van der Waals surface area (Å²) in [6.07, 6.45) is 0. The lowest BCUT2D eigenvalue weighted by atomic mass is 10.1. The minimum Gasteiger partial charge on any atom is -0.457 e. The van der Waals surface area contributed by atoms with E-state index in [0.29, 0.717) is 22.0 Å². The monoisotopic (exact) mass is 373 g/mol. The number of anilines is 1. The predicted molar refractivity (Wildman–Crippen MR) is 106 cm³/mol. The van der Waals surface area contributed by atoms with Gasteiger partial charge in [-0.25, -0.2) is 0 Å². The van der Waals surface area contributed by atoms with E-state index in [1.165, 1.54) is 0 Å². The summed E-state index contributed by atoms with van der Waals surface area (Å²) >= 11 is 1.08. The van der Waals surface area contributed by atoms with Crippen LogP contribution in [-0.2, 0) is 0 Å². The van der Waals surface area contributed by atoms with Crippen molar-refractivity contribution in [1.29, 1.82) is 0 Å². The molecule has 0 unspecified atom stereocenters. The molecule has 0 bridgehead atoms. The van der Waals surface area contributed by atoms with Gasteiger partial charge in [-0.1, -0.05) is 53.0 Å². The molecular formula is C21H15N3O2S. The molecule has 1 heterocycles. The molecule has 0 aliphatic heterocycles. The van der Waals surface area contributed by atoms with Crippen molar-refractivity contribution in [1.82, 2.24) is 9.59 Å². The minimum atomic E-state index is -0.236. The summed E-state index contributed by atoms with van der Waals surface area (Å²) in [5.41, 5.74) is 2.12. The molecule has 132 valence electrons. The van der Waals surface area contributed by atoms with Crippen LogP contribution in [0.1, 0.15) is 9.67 Å². The fourth-order valence-corrected chi connectivity index (χ4v) is 3.13. The first-order chi connectivity index (χ1) is 13.3. The second-order valence-corrected chi connectivity index (χ2v) is 6.46. The average molecular weight is 373 g/mol. The Labute approximate surface area is 160 Å². The fourth-order valence-electron chi connectivity index (χ4n) is 2.54. The van der Waals surface area contributed by atoms with Crippen LogP contribution in [0.3, 0.4) is 0 Å². The Morgan fingerprint density at radius 3 is 2.15 bits per heavy atom. The maximum atomic E-state index is 12.6. The van der Waals surface area contributed by atoms with E-state index in [1.807, 2.05) is 72.8 Å². The molecule has 0 saturated carbocycles. The molecule has 1 aromatic heterocycles. The summed E-state index contributed by atoms with van der Waals surface area (Å²) in [4.78, 5) is 13.1. The van der Waals surface area contributed by atoms with Gasteiger partial charge in [0.15, 0.2) is 0 Å². The number of nitrogens with one attached hydrogen (secondary N) is 1. The van der Waals surface area contributed by atoms with Crippen molar-refractivity contribution in [3.63, 3.8) is 0 Å². The van der Waals surface area contributed by atoms with Crippen LogP contribution in [-0.4, -0.2) is 15.5 Å². The second-order valence-electron chi connectivity index (χ2n) is 5.71. The highest BCUT2D eigenvalue weighted by atomic mass is 32.1. The molecule has 0 spiro atoms. The second kappa shape index (κ2) is 7.80. The van der Waals surface area contributed by atoms with Gasteiger partial charge in [0.1, 0.15) is 22.1 Å². The first-order valence-corrected chi connectivity index (χ1v) is 9.09. The van der Waals surface area contributed by atoms with E-state index in [4.69, 9.17) is 4.74 Å². The predicted octanol–water partition coefficient (Wildman–Crippen LogP) is 5.25. The Kier molecular flexibility index (Phi) is 4.89. The number of carbonyl (C=O) groups is 1. The van der Waals surface area contributed by atoms with E-state index < -0.39 is 0 Å². The third-order valence-electron chi connectivity index (χ3n) is 3.83. The zero-order chi connectivity index (χ0) is 18.5. The van der Waals surface area contributed by atoms with E-state index >= 15 is 0 Å². The number of carbonyl (C=O) groups excluding carboxylic acids is 1. The molecule has 0 radical (unpaired) electrons. The first kappa shape index (κ1) is 16.9. The topological polar surface area (TPSA) is 64.1 Å². The van der Waals surface area contributed by atoms with E-state index in [1.54, 1.807) is 12.1 Å². The SMILES string of the molecule is O=C(Nc1ccc(Oc2ccccc2)cc1)c1snnc1-c1ccccc1. The number of hydrogen-bond donors (Lipinski definition) is 1. The van der Waals surface area contributed by atoms with Crippen LogP contribution in [0.25, 0.3) is 11.3 Å². The molecule has 5 nitrogen and oxygen atoms in total. The largest absolute Gasteiger partial charge is 0.457 e. The van der Waals surface area contributed by atoms with Crippen molar-refractivity contribution in [2.75, 3.05) is 5.32 Å². The van der Waals surface area contributed by atoms with Crippen LogP contribution in [0, 0.1) is 0 Å². The summed E-state index contributed by atoms with van der Waals surface area (Å²) in [6.45, 7) is 0. The van der Waals surface area contributed by atoms with Crippen LogP contribution < -0.4 is 10.1 Å².